The van der Waals surface area contributed by atoms with E-state index < -0.39 is 29.3 Å². The number of nitrogens with two attached hydrogens (primary N) is 1. The monoisotopic (exact) mass is 249 g/mol. The fourth-order valence-electron chi connectivity index (χ4n) is 2.34. The van der Waals surface area contributed by atoms with Gasteiger partial charge in [0.1, 0.15) is 5.54 Å². The van der Waals surface area contributed by atoms with Crippen molar-refractivity contribution in [2.45, 2.75) is 18.4 Å². The third kappa shape index (κ3) is 2.22. The fraction of sp³-hybridized carbons (Fsp3) is 0.385. The lowest BCUT2D eigenvalue weighted by Gasteiger charge is -2.25. The highest BCUT2D eigenvalue weighted by atomic mass is 16.4. The molecule has 5 heteroatoms. The molecule has 1 aromatic carbocycles. The Bertz CT molecular complexity index is 473. The molecular formula is C13H15NO4. The molecule has 3 atom stereocenters. The molecule has 0 radical (unpaired) electrons. The summed E-state index contributed by atoms with van der Waals surface area (Å²) in [5, 5.41) is 18.2. The minimum atomic E-state index is -1.50. The Morgan fingerprint density at radius 1 is 1.28 bits per heavy atom. The Morgan fingerprint density at radius 2 is 1.89 bits per heavy atom. The van der Waals surface area contributed by atoms with Crippen LogP contribution < -0.4 is 5.73 Å². The number of hydrogen-bond acceptors (Lipinski definition) is 3. The molecule has 1 aliphatic carbocycles. The first kappa shape index (κ1) is 12.6. The van der Waals surface area contributed by atoms with Crippen LogP contribution in [0.5, 0.6) is 0 Å². The van der Waals surface area contributed by atoms with Crippen molar-refractivity contribution >= 4 is 11.9 Å². The zero-order valence-corrected chi connectivity index (χ0v) is 9.74. The summed E-state index contributed by atoms with van der Waals surface area (Å²) in [5.74, 6) is -3.23. The summed E-state index contributed by atoms with van der Waals surface area (Å²) in [6.45, 7) is 0. The van der Waals surface area contributed by atoms with E-state index in [1.807, 2.05) is 6.07 Å². The highest BCUT2D eigenvalue weighted by Crippen LogP contribution is 2.46. The van der Waals surface area contributed by atoms with Gasteiger partial charge in [0.2, 0.25) is 0 Å². The fourth-order valence-corrected chi connectivity index (χ4v) is 2.34. The number of aliphatic carboxylic acids is 2. The van der Waals surface area contributed by atoms with Crippen LogP contribution >= 0.6 is 0 Å². The molecule has 0 bridgehead atoms. The van der Waals surface area contributed by atoms with Gasteiger partial charge in [0.05, 0.1) is 5.92 Å². The van der Waals surface area contributed by atoms with E-state index in [-0.39, 0.29) is 6.42 Å². The first-order valence-electron chi connectivity index (χ1n) is 5.74. The minimum absolute atomic E-state index is 0.150. The lowest BCUT2D eigenvalue weighted by molar-refractivity contribution is -0.145. The van der Waals surface area contributed by atoms with Gasteiger partial charge in [-0.3, -0.25) is 9.59 Å². The van der Waals surface area contributed by atoms with Crippen molar-refractivity contribution < 1.29 is 19.8 Å². The second kappa shape index (κ2) is 4.42. The Balaban J connectivity index is 2.19. The average molecular weight is 249 g/mol. The predicted molar refractivity (Wildman–Crippen MR) is 63.9 cm³/mol. The van der Waals surface area contributed by atoms with E-state index in [4.69, 9.17) is 10.8 Å². The molecule has 0 saturated heterocycles. The van der Waals surface area contributed by atoms with Crippen LogP contribution in [0.3, 0.4) is 0 Å². The lowest BCUT2D eigenvalue weighted by Crippen LogP contribution is -2.52. The van der Waals surface area contributed by atoms with Crippen LogP contribution in [-0.2, 0) is 16.0 Å². The van der Waals surface area contributed by atoms with Crippen molar-refractivity contribution in [1.29, 1.82) is 0 Å². The van der Waals surface area contributed by atoms with E-state index in [9.17, 15) is 14.7 Å². The summed E-state index contributed by atoms with van der Waals surface area (Å²) in [5.41, 5.74) is 5.25. The maximum absolute atomic E-state index is 11.4. The molecule has 2 rings (SSSR count). The molecule has 18 heavy (non-hydrogen) atoms. The summed E-state index contributed by atoms with van der Waals surface area (Å²) >= 11 is 0. The second-order valence-electron chi connectivity index (χ2n) is 4.79. The summed E-state index contributed by atoms with van der Waals surface area (Å²) in [6.07, 6.45) is 0.489. The van der Waals surface area contributed by atoms with E-state index >= 15 is 0 Å². The van der Waals surface area contributed by atoms with Crippen LogP contribution in [0, 0.1) is 11.8 Å². The van der Waals surface area contributed by atoms with Crippen LogP contribution in [0.25, 0.3) is 0 Å². The highest BCUT2D eigenvalue weighted by molar-refractivity contribution is 5.83. The van der Waals surface area contributed by atoms with Gasteiger partial charge in [-0.05, 0) is 12.0 Å². The van der Waals surface area contributed by atoms with Gasteiger partial charge in [0, 0.05) is 12.3 Å². The Labute approximate surface area is 104 Å². The lowest BCUT2D eigenvalue weighted by atomic mass is 9.86. The maximum atomic E-state index is 11.4. The molecule has 0 heterocycles. The largest absolute Gasteiger partial charge is 0.481 e. The number of benzene rings is 1. The third-order valence-corrected chi connectivity index (χ3v) is 3.51. The van der Waals surface area contributed by atoms with Gasteiger partial charge < -0.3 is 15.9 Å². The smallest absolute Gasteiger partial charge is 0.324 e. The zero-order chi connectivity index (χ0) is 13.3. The molecule has 5 nitrogen and oxygen atoms in total. The quantitative estimate of drug-likeness (QED) is 0.714. The number of carbonyl (C=O) groups is 2. The first-order valence-corrected chi connectivity index (χ1v) is 5.74. The van der Waals surface area contributed by atoms with E-state index in [0.29, 0.717) is 6.42 Å². The van der Waals surface area contributed by atoms with Gasteiger partial charge in [-0.15, -0.1) is 0 Å². The molecule has 1 unspecified atom stereocenters. The molecule has 1 aromatic rings. The van der Waals surface area contributed by atoms with Gasteiger partial charge in [-0.25, -0.2) is 0 Å². The summed E-state index contributed by atoms with van der Waals surface area (Å²) in [4.78, 5) is 22.2. The van der Waals surface area contributed by atoms with Gasteiger partial charge in [-0.2, -0.15) is 0 Å². The van der Waals surface area contributed by atoms with Crippen LogP contribution in [0.4, 0.5) is 0 Å². The van der Waals surface area contributed by atoms with Gasteiger partial charge in [0.15, 0.2) is 0 Å². The topological polar surface area (TPSA) is 101 Å². The summed E-state index contributed by atoms with van der Waals surface area (Å²) in [6, 6.07) is 9.03. The molecule has 1 saturated carbocycles. The number of hydrogen-bond donors (Lipinski definition) is 3. The Hall–Kier alpha value is -1.88. The molecule has 4 N–H and O–H groups in total. The van der Waals surface area contributed by atoms with Crippen molar-refractivity contribution in [1.82, 2.24) is 0 Å². The van der Waals surface area contributed by atoms with E-state index in [0.717, 1.165) is 5.56 Å². The second-order valence-corrected chi connectivity index (χ2v) is 4.79. The van der Waals surface area contributed by atoms with E-state index in [2.05, 4.69) is 0 Å². The summed E-state index contributed by atoms with van der Waals surface area (Å²) < 4.78 is 0. The molecule has 0 spiro atoms. The molecule has 0 aromatic heterocycles. The molecule has 1 fully saturated rings. The zero-order valence-electron chi connectivity index (χ0n) is 9.74. The Morgan fingerprint density at radius 3 is 2.33 bits per heavy atom. The molecule has 0 amide bonds. The van der Waals surface area contributed by atoms with Crippen molar-refractivity contribution in [3.8, 4) is 0 Å². The van der Waals surface area contributed by atoms with Crippen LogP contribution in [-0.4, -0.2) is 27.7 Å². The Kier molecular flexibility index (Phi) is 3.09. The summed E-state index contributed by atoms with van der Waals surface area (Å²) in [7, 11) is 0. The van der Waals surface area contributed by atoms with Gasteiger partial charge in [-0.1, -0.05) is 30.3 Å². The number of carboxylic acid groups (broad SMARTS) is 2. The molecule has 96 valence electrons. The van der Waals surface area contributed by atoms with Gasteiger partial charge in [0.25, 0.3) is 0 Å². The minimum Gasteiger partial charge on any atom is -0.481 e. The SMILES string of the molecule is NC(Cc1ccccc1)(C(=O)O)[C@H]1C[C@@H]1C(=O)O. The molecule has 1 aliphatic rings. The third-order valence-electron chi connectivity index (χ3n) is 3.51. The van der Waals surface area contributed by atoms with Crippen molar-refractivity contribution in [2.75, 3.05) is 0 Å². The van der Waals surface area contributed by atoms with Crippen LogP contribution in [0.15, 0.2) is 30.3 Å². The number of rotatable bonds is 5. The van der Waals surface area contributed by atoms with Crippen molar-refractivity contribution in [2.24, 2.45) is 17.6 Å². The van der Waals surface area contributed by atoms with E-state index in [1.165, 1.54) is 0 Å². The number of carboxylic acids is 2. The predicted octanol–water partition coefficient (Wildman–Crippen LogP) is 0.732. The van der Waals surface area contributed by atoms with Crippen LogP contribution in [0.2, 0.25) is 0 Å². The normalized spacial score (nSPS) is 25.2. The average Bonchev–Trinajstić information content (AvgIpc) is 3.10. The van der Waals surface area contributed by atoms with Crippen LogP contribution in [0.1, 0.15) is 12.0 Å². The van der Waals surface area contributed by atoms with Crippen molar-refractivity contribution in [3.63, 3.8) is 0 Å². The molecule has 0 aliphatic heterocycles. The highest BCUT2D eigenvalue weighted by Gasteiger charge is 2.58. The van der Waals surface area contributed by atoms with E-state index in [1.54, 1.807) is 24.3 Å². The maximum Gasteiger partial charge on any atom is 0.324 e. The van der Waals surface area contributed by atoms with Crippen molar-refractivity contribution in [3.05, 3.63) is 35.9 Å². The van der Waals surface area contributed by atoms with Gasteiger partial charge >= 0.3 is 11.9 Å². The molecular weight excluding hydrogens is 234 g/mol. The first-order chi connectivity index (χ1) is 8.45. The standard InChI is InChI=1S/C13H15NO4/c14-13(12(17)18,10-6-9(10)11(15)16)7-8-4-2-1-3-5-8/h1-5,9-10H,6-7,14H2,(H,15,16)(H,17,18)/t9-,10-,13?/m0/s1.